The largest absolute Gasteiger partial charge is 0.394 e. The van der Waals surface area contributed by atoms with Gasteiger partial charge >= 0.3 is 5.69 Å². The average Bonchev–Trinajstić information content (AvgIpc) is 2.75. The first-order valence-electron chi connectivity index (χ1n) is 6.09. The van der Waals surface area contributed by atoms with E-state index in [0.29, 0.717) is 10.9 Å². The van der Waals surface area contributed by atoms with Crippen molar-refractivity contribution in [2.45, 2.75) is 24.5 Å². The number of aliphatic hydroxyl groups excluding tert-OH is 3. The Morgan fingerprint density at radius 2 is 2.00 bits per heavy atom. The molecule has 0 aromatic carbocycles. The van der Waals surface area contributed by atoms with Crippen molar-refractivity contribution in [1.29, 1.82) is 0 Å². The highest BCUT2D eigenvalue weighted by molar-refractivity contribution is 5.69. The molecular weight excluding hydrogens is 284 g/mol. The second kappa shape index (κ2) is 6.14. The molecule has 1 fully saturated rings. The van der Waals surface area contributed by atoms with Gasteiger partial charge in [0, 0.05) is 18.5 Å². The van der Waals surface area contributed by atoms with Crippen LogP contribution in [0.2, 0.25) is 0 Å². The van der Waals surface area contributed by atoms with Crippen LogP contribution in [0.25, 0.3) is 6.20 Å². The summed E-state index contributed by atoms with van der Waals surface area (Å²) in [6, 6.07) is 1.05. The van der Waals surface area contributed by atoms with Gasteiger partial charge in [-0.1, -0.05) is 0 Å². The lowest BCUT2D eigenvalue weighted by Gasteiger charge is -2.17. The highest BCUT2D eigenvalue weighted by atomic mass is 16.6. The number of aliphatic hydroxyl groups is 3. The van der Waals surface area contributed by atoms with Crippen LogP contribution in [0.15, 0.2) is 27.9 Å². The zero-order valence-electron chi connectivity index (χ0n) is 10.8. The summed E-state index contributed by atoms with van der Waals surface area (Å²) in [5.41, 5.74) is -1.52. The molecular formula is C12H14N2O7. The molecule has 114 valence electrons. The zero-order valence-corrected chi connectivity index (χ0v) is 10.8. The van der Waals surface area contributed by atoms with Crippen molar-refractivity contribution < 1.29 is 24.9 Å². The Kier molecular flexibility index (Phi) is 4.48. The molecule has 2 rings (SSSR count). The smallest absolute Gasteiger partial charge is 0.337 e. The molecule has 2 heterocycles. The molecule has 1 saturated heterocycles. The van der Waals surface area contributed by atoms with Gasteiger partial charge in [-0.05, 0) is 6.08 Å². The summed E-state index contributed by atoms with van der Waals surface area (Å²) in [7, 11) is 0. The third-order valence-electron chi connectivity index (χ3n) is 3.15. The Bertz CT molecular complexity index is 662. The van der Waals surface area contributed by atoms with E-state index in [1.165, 1.54) is 0 Å². The fraction of sp³-hybridized carbons (Fsp3) is 0.417. The van der Waals surface area contributed by atoms with Crippen molar-refractivity contribution in [2.75, 3.05) is 6.61 Å². The lowest BCUT2D eigenvalue weighted by molar-refractivity contribution is -0.104. The van der Waals surface area contributed by atoms with E-state index in [1.54, 1.807) is 0 Å². The van der Waals surface area contributed by atoms with Crippen LogP contribution in [-0.4, -0.2) is 55.7 Å². The van der Waals surface area contributed by atoms with Gasteiger partial charge in [0.15, 0.2) is 6.23 Å². The molecule has 1 aromatic rings. The van der Waals surface area contributed by atoms with Gasteiger partial charge in [0.25, 0.3) is 5.56 Å². The molecule has 1 aliphatic rings. The summed E-state index contributed by atoms with van der Waals surface area (Å²) in [6.07, 6.45) is -1.64. The van der Waals surface area contributed by atoms with E-state index in [9.17, 15) is 24.6 Å². The zero-order chi connectivity index (χ0) is 15.6. The molecule has 21 heavy (non-hydrogen) atoms. The fourth-order valence-corrected chi connectivity index (χ4v) is 2.07. The Hall–Kier alpha value is -2.07. The molecule has 9 heteroatoms. The third-order valence-corrected chi connectivity index (χ3v) is 3.15. The van der Waals surface area contributed by atoms with Crippen molar-refractivity contribution in [3.8, 4) is 0 Å². The Morgan fingerprint density at radius 3 is 2.57 bits per heavy atom. The molecule has 1 aliphatic heterocycles. The minimum Gasteiger partial charge on any atom is -0.394 e. The molecule has 3 N–H and O–H groups in total. The summed E-state index contributed by atoms with van der Waals surface area (Å²) < 4.78 is 6.76. The molecule has 0 saturated carbocycles. The molecule has 9 nitrogen and oxygen atoms in total. The van der Waals surface area contributed by atoms with Gasteiger partial charge in [-0.25, -0.2) is 9.36 Å². The summed E-state index contributed by atoms with van der Waals surface area (Å²) in [6.45, 7) is -0.534. The van der Waals surface area contributed by atoms with Gasteiger partial charge < -0.3 is 20.1 Å². The first kappa shape index (κ1) is 15.3. The SMILES string of the molecule is O=CC=Cn1c(=O)ccn([C@H]2O[C@@H](CO)C(O)C2O)c1=O. The Balaban J connectivity index is 2.46. The number of aromatic nitrogens is 2. The Labute approximate surface area is 117 Å². The van der Waals surface area contributed by atoms with Crippen LogP contribution in [0, 0.1) is 0 Å². The summed E-state index contributed by atoms with van der Waals surface area (Å²) in [4.78, 5) is 34.0. The van der Waals surface area contributed by atoms with Crippen LogP contribution in [0.5, 0.6) is 0 Å². The number of hydrogen-bond acceptors (Lipinski definition) is 7. The van der Waals surface area contributed by atoms with Crippen molar-refractivity contribution in [3.05, 3.63) is 39.2 Å². The summed E-state index contributed by atoms with van der Waals surface area (Å²) in [5.74, 6) is 0. The molecule has 4 atom stereocenters. The van der Waals surface area contributed by atoms with Crippen LogP contribution >= 0.6 is 0 Å². The van der Waals surface area contributed by atoms with Gasteiger partial charge in [-0.2, -0.15) is 0 Å². The second-order valence-corrected chi connectivity index (χ2v) is 4.42. The number of carbonyl (C=O) groups excluding carboxylic acids is 1. The number of ether oxygens (including phenoxy) is 1. The van der Waals surface area contributed by atoms with Crippen LogP contribution in [0.1, 0.15) is 6.23 Å². The second-order valence-electron chi connectivity index (χ2n) is 4.42. The van der Waals surface area contributed by atoms with E-state index in [1.807, 2.05) is 0 Å². The van der Waals surface area contributed by atoms with E-state index in [-0.39, 0.29) is 0 Å². The van der Waals surface area contributed by atoms with Gasteiger partial charge in [-0.3, -0.25) is 14.2 Å². The predicted octanol–water partition coefficient (Wildman–Crippen LogP) is -2.71. The summed E-state index contributed by atoms with van der Waals surface area (Å²) in [5, 5.41) is 28.5. The number of aldehydes is 1. The minimum atomic E-state index is -1.44. The fourth-order valence-electron chi connectivity index (χ4n) is 2.07. The topological polar surface area (TPSA) is 131 Å². The standard InChI is InChI=1S/C12H14N2O7/c15-5-1-3-13-8(17)2-4-14(12(13)20)11-10(19)9(18)7(6-16)21-11/h1-5,7,9-11,16,18-19H,6H2/t7-,9?,10?,11-/m0/s1. The molecule has 0 aliphatic carbocycles. The average molecular weight is 298 g/mol. The summed E-state index contributed by atoms with van der Waals surface area (Å²) >= 11 is 0. The normalized spacial score (nSPS) is 29.1. The quantitative estimate of drug-likeness (QED) is 0.407. The monoisotopic (exact) mass is 298 g/mol. The van der Waals surface area contributed by atoms with Gasteiger partial charge in [0.1, 0.15) is 24.6 Å². The van der Waals surface area contributed by atoms with Gasteiger partial charge in [0.2, 0.25) is 0 Å². The van der Waals surface area contributed by atoms with E-state index >= 15 is 0 Å². The number of allylic oxidation sites excluding steroid dienone is 1. The van der Waals surface area contributed by atoms with Crippen molar-refractivity contribution in [1.82, 2.24) is 9.13 Å². The lowest BCUT2D eigenvalue weighted by atomic mass is 10.1. The van der Waals surface area contributed by atoms with Crippen molar-refractivity contribution in [2.24, 2.45) is 0 Å². The minimum absolute atomic E-state index is 0.398. The van der Waals surface area contributed by atoms with E-state index in [0.717, 1.165) is 29.1 Å². The first-order chi connectivity index (χ1) is 10.0. The molecule has 0 amide bonds. The van der Waals surface area contributed by atoms with Crippen molar-refractivity contribution >= 4 is 12.5 Å². The number of hydrogen-bond donors (Lipinski definition) is 3. The van der Waals surface area contributed by atoms with Crippen molar-refractivity contribution in [3.63, 3.8) is 0 Å². The van der Waals surface area contributed by atoms with Crippen LogP contribution in [0.4, 0.5) is 0 Å². The third kappa shape index (κ3) is 2.72. The molecule has 0 radical (unpaired) electrons. The maximum Gasteiger partial charge on any atom is 0.337 e. The predicted molar refractivity (Wildman–Crippen MR) is 69.4 cm³/mol. The van der Waals surface area contributed by atoms with Gasteiger partial charge in [-0.15, -0.1) is 0 Å². The van der Waals surface area contributed by atoms with E-state index < -0.39 is 42.4 Å². The highest BCUT2D eigenvalue weighted by Crippen LogP contribution is 2.27. The Morgan fingerprint density at radius 1 is 1.29 bits per heavy atom. The number of rotatable bonds is 4. The highest BCUT2D eigenvalue weighted by Gasteiger charge is 2.43. The van der Waals surface area contributed by atoms with Gasteiger partial charge in [0.05, 0.1) is 6.61 Å². The van der Waals surface area contributed by atoms with Crippen LogP contribution < -0.4 is 11.2 Å². The molecule has 2 unspecified atom stereocenters. The number of nitrogens with zero attached hydrogens (tertiary/aromatic N) is 2. The number of carbonyl (C=O) groups is 1. The van der Waals surface area contributed by atoms with Crippen LogP contribution in [-0.2, 0) is 9.53 Å². The van der Waals surface area contributed by atoms with E-state index in [4.69, 9.17) is 9.84 Å². The molecule has 0 spiro atoms. The maximum atomic E-state index is 12.2. The molecule has 0 bridgehead atoms. The van der Waals surface area contributed by atoms with Crippen LogP contribution in [0.3, 0.4) is 0 Å². The maximum absolute atomic E-state index is 12.2. The first-order valence-corrected chi connectivity index (χ1v) is 6.09. The van der Waals surface area contributed by atoms with E-state index in [2.05, 4.69) is 0 Å². The lowest BCUT2D eigenvalue weighted by Crippen LogP contribution is -2.41. The molecule has 1 aromatic heterocycles.